The Morgan fingerprint density at radius 3 is 2.62 bits per heavy atom. The van der Waals surface area contributed by atoms with E-state index >= 15 is 0 Å². The van der Waals surface area contributed by atoms with Gasteiger partial charge in [0.1, 0.15) is 0 Å². The highest BCUT2D eigenvalue weighted by Gasteiger charge is 2.05. The second kappa shape index (κ2) is 3.79. The van der Waals surface area contributed by atoms with E-state index in [9.17, 15) is 0 Å². The molecule has 0 radical (unpaired) electrons. The molecule has 1 aromatic rings. The van der Waals surface area contributed by atoms with Gasteiger partial charge in [-0.1, -0.05) is 11.6 Å². The van der Waals surface area contributed by atoms with Crippen LogP contribution in [0.4, 0.5) is 5.69 Å². The molecule has 1 aliphatic heterocycles. The van der Waals surface area contributed by atoms with Crippen molar-refractivity contribution in [2.45, 2.75) is 6.42 Å². The molecule has 0 aromatic heterocycles. The largest absolute Gasteiger partial charge is 0.333 e. The van der Waals surface area contributed by atoms with E-state index in [0.717, 1.165) is 30.2 Å². The fourth-order valence-corrected chi connectivity index (χ4v) is 1.50. The predicted octanol–water partition coefficient (Wildman–Crippen LogP) is 2.58. The minimum absolute atomic E-state index is 0.776. The second-order valence-electron chi connectivity index (χ2n) is 3.05. The molecule has 1 aliphatic rings. The molecule has 0 bridgehead atoms. The van der Waals surface area contributed by atoms with Gasteiger partial charge in [-0.2, -0.15) is 0 Å². The summed E-state index contributed by atoms with van der Waals surface area (Å²) in [5, 5.41) is 0.776. The van der Waals surface area contributed by atoms with E-state index in [1.165, 1.54) is 0 Å². The molecule has 1 aromatic carbocycles. The fourth-order valence-electron chi connectivity index (χ4n) is 1.37. The van der Waals surface area contributed by atoms with Crippen LogP contribution >= 0.6 is 11.6 Å². The van der Waals surface area contributed by atoms with Gasteiger partial charge in [0.05, 0.1) is 6.34 Å². The van der Waals surface area contributed by atoms with E-state index in [4.69, 9.17) is 11.6 Å². The summed E-state index contributed by atoms with van der Waals surface area (Å²) in [5.41, 5.74) is 1.16. The standard InChI is InChI=1S/C10H11ClN2/c11-9-2-4-10(5-3-9)13-7-1-6-12-8-13/h2-5,8H,1,6-7H2. The normalized spacial score (nSPS) is 16.2. The van der Waals surface area contributed by atoms with Gasteiger partial charge in [-0.25, -0.2) is 0 Å². The zero-order valence-corrected chi connectivity index (χ0v) is 8.04. The lowest BCUT2D eigenvalue weighted by Gasteiger charge is -2.22. The number of aliphatic imine (C=N–C) groups is 1. The first kappa shape index (κ1) is 8.57. The topological polar surface area (TPSA) is 15.6 Å². The third-order valence-corrected chi connectivity index (χ3v) is 2.32. The highest BCUT2D eigenvalue weighted by molar-refractivity contribution is 6.30. The summed E-state index contributed by atoms with van der Waals surface area (Å²) in [4.78, 5) is 6.36. The van der Waals surface area contributed by atoms with E-state index < -0.39 is 0 Å². The van der Waals surface area contributed by atoms with Crippen molar-refractivity contribution in [1.29, 1.82) is 0 Å². The van der Waals surface area contributed by atoms with Crippen molar-refractivity contribution < 1.29 is 0 Å². The minimum Gasteiger partial charge on any atom is -0.333 e. The SMILES string of the molecule is Clc1ccc(N2C=NCCC2)cc1. The molecule has 1 heterocycles. The van der Waals surface area contributed by atoms with Crippen molar-refractivity contribution >= 4 is 23.6 Å². The third kappa shape index (κ3) is 2.01. The number of anilines is 1. The maximum absolute atomic E-state index is 5.80. The summed E-state index contributed by atoms with van der Waals surface area (Å²) in [6.07, 6.45) is 3.02. The lowest BCUT2D eigenvalue weighted by molar-refractivity contribution is 0.802. The Labute approximate surface area is 82.8 Å². The summed E-state index contributed by atoms with van der Waals surface area (Å²) in [6, 6.07) is 7.83. The third-order valence-electron chi connectivity index (χ3n) is 2.07. The summed E-state index contributed by atoms with van der Waals surface area (Å²) in [6.45, 7) is 2.00. The van der Waals surface area contributed by atoms with Crippen molar-refractivity contribution in [2.24, 2.45) is 4.99 Å². The molecule has 0 unspecified atom stereocenters. The second-order valence-corrected chi connectivity index (χ2v) is 3.48. The Balaban J connectivity index is 2.19. The van der Waals surface area contributed by atoms with E-state index in [1.807, 2.05) is 30.6 Å². The highest BCUT2D eigenvalue weighted by Crippen LogP contribution is 2.18. The molecule has 0 fully saturated rings. The fraction of sp³-hybridized carbons (Fsp3) is 0.300. The van der Waals surface area contributed by atoms with Gasteiger partial charge >= 0.3 is 0 Å². The summed E-state index contributed by atoms with van der Waals surface area (Å²) in [5.74, 6) is 0. The number of hydrogen-bond acceptors (Lipinski definition) is 2. The first-order valence-corrected chi connectivity index (χ1v) is 4.76. The summed E-state index contributed by atoms with van der Waals surface area (Å²) >= 11 is 5.80. The van der Waals surface area contributed by atoms with Gasteiger partial charge < -0.3 is 4.90 Å². The van der Waals surface area contributed by atoms with Gasteiger partial charge in [0.2, 0.25) is 0 Å². The molecule has 0 atom stereocenters. The first-order chi connectivity index (χ1) is 6.36. The van der Waals surface area contributed by atoms with Crippen molar-refractivity contribution in [1.82, 2.24) is 0 Å². The molecule has 0 aliphatic carbocycles. The molecule has 0 spiro atoms. The Bertz CT molecular complexity index is 305. The Kier molecular flexibility index (Phi) is 2.50. The van der Waals surface area contributed by atoms with E-state index in [2.05, 4.69) is 9.89 Å². The van der Waals surface area contributed by atoms with Crippen LogP contribution in [-0.4, -0.2) is 19.4 Å². The van der Waals surface area contributed by atoms with Crippen LogP contribution < -0.4 is 4.90 Å². The van der Waals surface area contributed by atoms with Gasteiger partial charge in [-0.15, -0.1) is 0 Å². The zero-order chi connectivity index (χ0) is 9.10. The number of nitrogens with zero attached hydrogens (tertiary/aromatic N) is 2. The van der Waals surface area contributed by atoms with Crippen LogP contribution in [0.2, 0.25) is 5.02 Å². The van der Waals surface area contributed by atoms with Crippen LogP contribution in [0.5, 0.6) is 0 Å². The Morgan fingerprint density at radius 2 is 2.00 bits per heavy atom. The quantitative estimate of drug-likeness (QED) is 0.671. The maximum atomic E-state index is 5.80. The van der Waals surface area contributed by atoms with Gasteiger partial charge in [-0.05, 0) is 30.7 Å². The Morgan fingerprint density at radius 1 is 1.23 bits per heavy atom. The van der Waals surface area contributed by atoms with Gasteiger partial charge in [0.25, 0.3) is 0 Å². The van der Waals surface area contributed by atoms with Gasteiger partial charge in [0, 0.05) is 23.8 Å². The molecular formula is C10H11ClN2. The smallest absolute Gasteiger partial charge is 0.0894 e. The minimum atomic E-state index is 0.776. The molecule has 2 rings (SSSR count). The molecule has 0 saturated heterocycles. The molecule has 68 valence electrons. The maximum Gasteiger partial charge on any atom is 0.0894 e. The average Bonchev–Trinajstić information content (AvgIpc) is 2.20. The number of hydrogen-bond donors (Lipinski definition) is 0. The molecule has 2 nitrogen and oxygen atoms in total. The highest BCUT2D eigenvalue weighted by atomic mass is 35.5. The van der Waals surface area contributed by atoms with Crippen molar-refractivity contribution in [3.05, 3.63) is 29.3 Å². The van der Waals surface area contributed by atoms with Crippen LogP contribution in [-0.2, 0) is 0 Å². The zero-order valence-electron chi connectivity index (χ0n) is 7.28. The van der Waals surface area contributed by atoms with Crippen LogP contribution in [0.1, 0.15) is 6.42 Å². The monoisotopic (exact) mass is 194 g/mol. The number of benzene rings is 1. The van der Waals surface area contributed by atoms with Crippen molar-refractivity contribution in [3.63, 3.8) is 0 Å². The molecule has 13 heavy (non-hydrogen) atoms. The predicted molar refractivity (Wildman–Crippen MR) is 56.8 cm³/mol. The number of halogens is 1. The van der Waals surface area contributed by atoms with Crippen LogP contribution in [0.3, 0.4) is 0 Å². The van der Waals surface area contributed by atoms with Gasteiger partial charge in [0.15, 0.2) is 0 Å². The van der Waals surface area contributed by atoms with E-state index in [0.29, 0.717) is 0 Å². The molecule has 0 amide bonds. The molecular weight excluding hydrogens is 184 g/mol. The summed E-state index contributed by atoms with van der Waals surface area (Å²) in [7, 11) is 0. The average molecular weight is 195 g/mol. The molecule has 0 N–H and O–H groups in total. The van der Waals surface area contributed by atoms with Crippen LogP contribution in [0.15, 0.2) is 29.3 Å². The molecule has 0 saturated carbocycles. The lowest BCUT2D eigenvalue weighted by Crippen LogP contribution is -2.26. The summed E-state index contributed by atoms with van der Waals surface area (Å²) < 4.78 is 0. The van der Waals surface area contributed by atoms with Gasteiger partial charge in [-0.3, -0.25) is 4.99 Å². The molecule has 3 heteroatoms. The first-order valence-electron chi connectivity index (χ1n) is 4.38. The van der Waals surface area contributed by atoms with Crippen molar-refractivity contribution in [3.8, 4) is 0 Å². The van der Waals surface area contributed by atoms with E-state index in [1.54, 1.807) is 0 Å². The number of rotatable bonds is 1. The van der Waals surface area contributed by atoms with Crippen molar-refractivity contribution in [2.75, 3.05) is 18.0 Å². The van der Waals surface area contributed by atoms with E-state index in [-0.39, 0.29) is 0 Å². The van der Waals surface area contributed by atoms with Crippen LogP contribution in [0, 0.1) is 0 Å². The van der Waals surface area contributed by atoms with Crippen LogP contribution in [0.25, 0.3) is 0 Å². The Hall–Kier alpha value is -1.02. The lowest BCUT2D eigenvalue weighted by atomic mass is 10.2.